The molecule has 40 valence electrons. The van der Waals surface area contributed by atoms with Crippen molar-refractivity contribution >= 4 is 12.2 Å². The van der Waals surface area contributed by atoms with E-state index in [4.69, 9.17) is 10.2 Å². The molecule has 0 bridgehead atoms. The maximum Gasteiger partial charge on any atom is 0.346 e. The van der Waals surface area contributed by atoms with Gasteiger partial charge in [-0.15, -0.1) is 0 Å². The zero-order chi connectivity index (χ0) is 5.70. The molecule has 0 aliphatic heterocycles. The van der Waals surface area contributed by atoms with Gasteiger partial charge in [0.1, 0.15) is 12.9 Å². The fourth-order valence-electron chi connectivity index (χ4n) is 0.119. The Balaban J connectivity index is 3.26. The molecular weight excluding hydrogens is 98.0 g/mol. The fraction of sp³-hybridized carbons (Fsp3) is 0.333. The molecule has 0 unspecified atom stereocenters. The van der Waals surface area contributed by atoms with Gasteiger partial charge in [-0.2, -0.15) is 0 Å². The van der Waals surface area contributed by atoms with Crippen molar-refractivity contribution in [3.05, 3.63) is 0 Å². The van der Waals surface area contributed by atoms with Crippen LogP contribution in [0, 0.1) is 0 Å². The Kier molecular flexibility index (Phi) is 2.87. The predicted molar refractivity (Wildman–Crippen MR) is 23.2 cm³/mol. The van der Waals surface area contributed by atoms with Crippen molar-refractivity contribution in [3.63, 3.8) is 0 Å². The summed E-state index contributed by atoms with van der Waals surface area (Å²) in [6.07, 6.45) is 0.639. The number of rotatable bonds is 2. The molecule has 0 aromatic rings. The van der Waals surface area contributed by atoms with E-state index in [1.54, 1.807) is 0 Å². The second-order valence-corrected chi connectivity index (χ2v) is 0.791. The predicted octanol–water partition coefficient (Wildman–Crippen LogP) is -0.908. The van der Waals surface area contributed by atoms with Crippen LogP contribution in [0.15, 0.2) is 4.99 Å². The third kappa shape index (κ3) is 5.10. The lowest BCUT2D eigenvalue weighted by Gasteiger charge is -1.74. The van der Waals surface area contributed by atoms with Gasteiger partial charge in [-0.05, 0) is 0 Å². The summed E-state index contributed by atoms with van der Waals surface area (Å²) >= 11 is 0. The van der Waals surface area contributed by atoms with Crippen molar-refractivity contribution < 1.29 is 15.0 Å². The molecule has 4 nitrogen and oxygen atoms in total. The van der Waals surface area contributed by atoms with E-state index >= 15 is 0 Å². The summed E-state index contributed by atoms with van der Waals surface area (Å²) in [6.45, 7) is -0.466. The Morgan fingerprint density at radius 3 is 2.57 bits per heavy atom. The molecule has 7 heavy (non-hydrogen) atoms. The largest absolute Gasteiger partial charge is 0.477 e. The van der Waals surface area contributed by atoms with Crippen LogP contribution < -0.4 is 0 Å². The van der Waals surface area contributed by atoms with Crippen LogP contribution in [0.4, 0.5) is 0 Å². The number of carboxylic acids is 1. The summed E-state index contributed by atoms with van der Waals surface area (Å²) < 4.78 is 0. The lowest BCUT2D eigenvalue weighted by Crippen LogP contribution is -1.95. The van der Waals surface area contributed by atoms with Gasteiger partial charge in [-0.1, -0.05) is 0 Å². The van der Waals surface area contributed by atoms with Crippen LogP contribution >= 0.6 is 0 Å². The van der Waals surface area contributed by atoms with Gasteiger partial charge in [-0.3, -0.25) is 4.99 Å². The Hall–Kier alpha value is -0.900. The van der Waals surface area contributed by atoms with Crippen LogP contribution in [0.2, 0.25) is 0 Å². The van der Waals surface area contributed by atoms with Crippen LogP contribution in [-0.2, 0) is 4.79 Å². The summed E-state index contributed by atoms with van der Waals surface area (Å²) in [7, 11) is 0. The van der Waals surface area contributed by atoms with Gasteiger partial charge in [0.2, 0.25) is 0 Å². The SMILES string of the molecule is O=C(O)C=NCO. The molecule has 0 atom stereocenters. The Morgan fingerprint density at radius 2 is 2.43 bits per heavy atom. The number of aliphatic imine (C=N–C) groups is 1. The fourth-order valence-corrected chi connectivity index (χ4v) is 0.119. The van der Waals surface area contributed by atoms with Crippen LogP contribution in [0.1, 0.15) is 0 Å². The molecule has 0 aromatic heterocycles. The van der Waals surface area contributed by atoms with Gasteiger partial charge in [-0.25, -0.2) is 4.79 Å². The van der Waals surface area contributed by atoms with Gasteiger partial charge in [0.25, 0.3) is 0 Å². The quantitative estimate of drug-likeness (QED) is 0.444. The summed E-state index contributed by atoms with van der Waals surface area (Å²) in [4.78, 5) is 12.5. The highest BCUT2D eigenvalue weighted by Gasteiger charge is 1.81. The van der Waals surface area contributed by atoms with E-state index in [0.29, 0.717) is 6.21 Å². The minimum absolute atomic E-state index is 0.466. The molecule has 4 heteroatoms. The van der Waals surface area contributed by atoms with E-state index in [1.807, 2.05) is 0 Å². The summed E-state index contributed by atoms with van der Waals surface area (Å²) in [6, 6.07) is 0. The molecule has 0 saturated carbocycles. The zero-order valence-electron chi connectivity index (χ0n) is 3.53. The van der Waals surface area contributed by atoms with Gasteiger partial charge in [0.05, 0.1) is 0 Å². The van der Waals surface area contributed by atoms with Gasteiger partial charge in [0.15, 0.2) is 0 Å². The van der Waals surface area contributed by atoms with E-state index in [1.165, 1.54) is 0 Å². The van der Waals surface area contributed by atoms with Crippen molar-refractivity contribution in [2.24, 2.45) is 4.99 Å². The van der Waals surface area contributed by atoms with Crippen molar-refractivity contribution in [2.45, 2.75) is 0 Å². The van der Waals surface area contributed by atoms with Crippen LogP contribution in [0.5, 0.6) is 0 Å². The topological polar surface area (TPSA) is 69.9 Å². The highest BCUT2D eigenvalue weighted by atomic mass is 16.4. The first-order valence-corrected chi connectivity index (χ1v) is 1.61. The Bertz CT molecular complexity index is 88.2. The molecule has 2 N–H and O–H groups in total. The third-order valence-corrected chi connectivity index (χ3v) is 0.283. The van der Waals surface area contributed by atoms with Crippen molar-refractivity contribution in [1.29, 1.82) is 0 Å². The molecule has 0 fully saturated rings. The average Bonchev–Trinajstić information content (AvgIpc) is 1.61. The van der Waals surface area contributed by atoms with Gasteiger partial charge >= 0.3 is 5.97 Å². The molecular formula is C3H5NO3. The molecule has 0 saturated heterocycles. The third-order valence-electron chi connectivity index (χ3n) is 0.283. The number of aliphatic hydroxyl groups is 1. The minimum atomic E-state index is -1.14. The van der Waals surface area contributed by atoms with Crippen molar-refractivity contribution in [3.8, 4) is 0 Å². The average molecular weight is 103 g/mol. The summed E-state index contributed by atoms with van der Waals surface area (Å²) in [5.41, 5.74) is 0. The first-order valence-electron chi connectivity index (χ1n) is 1.61. The maximum atomic E-state index is 9.50. The first kappa shape index (κ1) is 6.10. The number of aliphatic carboxylic acids is 1. The molecule has 0 spiro atoms. The highest BCUT2D eigenvalue weighted by molar-refractivity contribution is 6.21. The highest BCUT2D eigenvalue weighted by Crippen LogP contribution is 1.57. The summed E-state index contributed by atoms with van der Waals surface area (Å²) in [5, 5.41) is 15.6. The maximum absolute atomic E-state index is 9.50. The molecule has 0 heterocycles. The van der Waals surface area contributed by atoms with E-state index in [9.17, 15) is 4.79 Å². The molecule has 0 aromatic carbocycles. The lowest BCUT2D eigenvalue weighted by molar-refractivity contribution is -0.128. The van der Waals surface area contributed by atoms with Gasteiger partial charge < -0.3 is 10.2 Å². The standard InChI is InChI=1S/C3H5NO3/c5-2-4-1-3(6)7/h1,5H,2H2,(H,6,7). The van der Waals surface area contributed by atoms with Crippen molar-refractivity contribution in [1.82, 2.24) is 0 Å². The Labute approximate surface area is 40.1 Å². The molecule has 0 rings (SSSR count). The smallest absolute Gasteiger partial charge is 0.346 e. The molecule has 0 amide bonds. The number of carboxylic acid groups (broad SMARTS) is 1. The Morgan fingerprint density at radius 1 is 1.86 bits per heavy atom. The van der Waals surface area contributed by atoms with Crippen LogP contribution in [0.25, 0.3) is 0 Å². The monoisotopic (exact) mass is 103 g/mol. The lowest BCUT2D eigenvalue weighted by atomic mass is 10.8. The minimum Gasteiger partial charge on any atom is -0.477 e. The summed E-state index contributed by atoms with van der Waals surface area (Å²) in [5.74, 6) is -1.14. The van der Waals surface area contributed by atoms with Crippen molar-refractivity contribution in [2.75, 3.05) is 6.73 Å². The zero-order valence-corrected chi connectivity index (χ0v) is 3.53. The number of carbonyl (C=O) groups is 1. The molecule has 0 aliphatic rings. The second-order valence-electron chi connectivity index (χ2n) is 0.791. The van der Waals surface area contributed by atoms with E-state index < -0.39 is 12.7 Å². The normalized spacial score (nSPS) is 9.86. The number of nitrogens with zero attached hydrogens (tertiary/aromatic N) is 1. The van der Waals surface area contributed by atoms with Crippen LogP contribution in [0.3, 0.4) is 0 Å². The first-order chi connectivity index (χ1) is 3.27. The van der Waals surface area contributed by atoms with Gasteiger partial charge in [0, 0.05) is 0 Å². The van der Waals surface area contributed by atoms with E-state index in [0.717, 1.165) is 0 Å². The van der Waals surface area contributed by atoms with E-state index in [-0.39, 0.29) is 0 Å². The number of hydrogen-bond acceptors (Lipinski definition) is 3. The number of aliphatic hydroxyl groups excluding tert-OH is 1. The molecule has 0 aliphatic carbocycles. The molecule has 0 radical (unpaired) electrons. The number of hydrogen-bond donors (Lipinski definition) is 2. The van der Waals surface area contributed by atoms with E-state index in [2.05, 4.69) is 4.99 Å². The second kappa shape index (κ2) is 3.30. The van der Waals surface area contributed by atoms with Crippen LogP contribution in [-0.4, -0.2) is 29.1 Å².